The first-order chi connectivity index (χ1) is 8.66. The first kappa shape index (κ1) is 15.8. The molecule has 0 fully saturated rings. The van der Waals surface area contributed by atoms with Crippen LogP contribution in [0.25, 0.3) is 0 Å². The van der Waals surface area contributed by atoms with Gasteiger partial charge in [-0.15, -0.1) is 11.6 Å². The highest BCUT2D eigenvalue weighted by Crippen LogP contribution is 2.26. The van der Waals surface area contributed by atoms with Crippen LogP contribution in [0.15, 0.2) is 6.20 Å². The Morgan fingerprint density at radius 2 is 2.16 bits per heavy atom. The Labute approximate surface area is 114 Å². The van der Waals surface area contributed by atoms with Gasteiger partial charge in [-0.3, -0.25) is 9.48 Å². The van der Waals surface area contributed by atoms with Crippen LogP contribution in [0.3, 0.4) is 0 Å². The minimum absolute atomic E-state index is 0.209. The van der Waals surface area contributed by atoms with Gasteiger partial charge in [0.25, 0.3) is 0 Å². The van der Waals surface area contributed by atoms with Crippen LogP contribution in [0.5, 0.6) is 0 Å². The number of halogens is 4. The van der Waals surface area contributed by atoms with E-state index in [-0.39, 0.29) is 6.54 Å². The van der Waals surface area contributed by atoms with E-state index < -0.39 is 24.0 Å². The molecule has 0 saturated carbocycles. The Morgan fingerprint density at radius 3 is 2.53 bits per heavy atom. The molecule has 1 atom stereocenters. The van der Waals surface area contributed by atoms with Gasteiger partial charge in [0.2, 0.25) is 5.91 Å². The smallest absolute Gasteiger partial charge is 0.324 e. The maximum Gasteiger partial charge on any atom is 0.408 e. The van der Waals surface area contributed by atoms with Crippen LogP contribution in [0, 0.1) is 6.92 Å². The number of amides is 1. The van der Waals surface area contributed by atoms with Crippen molar-refractivity contribution >= 4 is 17.5 Å². The topological polar surface area (TPSA) is 38.1 Å². The van der Waals surface area contributed by atoms with Gasteiger partial charge in [0.05, 0.1) is 12.2 Å². The summed E-state index contributed by atoms with van der Waals surface area (Å²) in [4.78, 5) is 12.3. The van der Waals surface area contributed by atoms with E-state index in [0.717, 1.165) is 12.5 Å². The Balaban J connectivity index is 2.99. The summed E-state index contributed by atoms with van der Waals surface area (Å²) in [6.45, 7) is 2.45. The lowest BCUT2D eigenvalue weighted by atomic mass is 10.2. The van der Waals surface area contributed by atoms with Crippen molar-refractivity contribution in [3.8, 4) is 0 Å². The molecule has 0 aliphatic carbocycles. The third kappa shape index (κ3) is 3.86. The summed E-state index contributed by atoms with van der Waals surface area (Å²) < 4.78 is 39.7. The predicted octanol–water partition coefficient (Wildman–Crippen LogP) is 2.25. The summed E-state index contributed by atoms with van der Waals surface area (Å²) in [5.74, 6) is -1.26. The van der Waals surface area contributed by atoms with E-state index >= 15 is 0 Å². The van der Waals surface area contributed by atoms with Crippen molar-refractivity contribution in [1.29, 1.82) is 0 Å². The van der Waals surface area contributed by atoms with Gasteiger partial charge in [-0.25, -0.2) is 0 Å². The van der Waals surface area contributed by atoms with E-state index in [1.165, 1.54) is 4.68 Å². The SMILES string of the molecule is Cc1cn(C)nc1CN(C(=O)CCl)[C@@H](C)C(F)(F)F. The molecule has 1 rings (SSSR count). The van der Waals surface area contributed by atoms with Gasteiger partial charge in [0.15, 0.2) is 0 Å². The second kappa shape index (κ2) is 5.81. The standard InChI is InChI=1S/C11H15ClF3N3O/c1-7-5-17(3)16-9(7)6-18(10(19)4-12)8(2)11(13,14)15/h5,8H,4,6H2,1-3H3/t8-/m0/s1. The van der Waals surface area contributed by atoms with Crippen molar-refractivity contribution in [2.24, 2.45) is 7.05 Å². The van der Waals surface area contributed by atoms with E-state index in [4.69, 9.17) is 11.6 Å². The highest BCUT2D eigenvalue weighted by Gasteiger charge is 2.42. The number of hydrogen-bond donors (Lipinski definition) is 0. The second-order valence-electron chi connectivity index (χ2n) is 4.31. The fourth-order valence-electron chi connectivity index (χ4n) is 1.67. The summed E-state index contributed by atoms with van der Waals surface area (Å²) in [6.07, 6.45) is -2.82. The third-order valence-corrected chi connectivity index (χ3v) is 3.04. The van der Waals surface area contributed by atoms with E-state index in [2.05, 4.69) is 5.10 Å². The molecule has 1 heterocycles. The van der Waals surface area contributed by atoms with Crippen molar-refractivity contribution in [3.63, 3.8) is 0 Å². The number of carbonyl (C=O) groups excluding carboxylic acids is 1. The monoisotopic (exact) mass is 297 g/mol. The van der Waals surface area contributed by atoms with Gasteiger partial charge in [0.1, 0.15) is 11.9 Å². The van der Waals surface area contributed by atoms with Crippen molar-refractivity contribution in [2.75, 3.05) is 5.88 Å². The summed E-state index contributed by atoms with van der Waals surface area (Å²) >= 11 is 5.37. The number of nitrogens with zero attached hydrogens (tertiary/aromatic N) is 3. The second-order valence-corrected chi connectivity index (χ2v) is 4.57. The van der Waals surface area contributed by atoms with Crippen LogP contribution in [0.2, 0.25) is 0 Å². The molecule has 1 amide bonds. The molecule has 1 aromatic rings. The van der Waals surface area contributed by atoms with Gasteiger partial charge in [-0.1, -0.05) is 0 Å². The fraction of sp³-hybridized carbons (Fsp3) is 0.636. The van der Waals surface area contributed by atoms with Crippen LogP contribution in [-0.4, -0.2) is 38.7 Å². The van der Waals surface area contributed by atoms with Gasteiger partial charge >= 0.3 is 6.18 Å². The van der Waals surface area contributed by atoms with E-state index in [9.17, 15) is 18.0 Å². The fourth-order valence-corrected chi connectivity index (χ4v) is 1.82. The average molecular weight is 298 g/mol. The Hall–Kier alpha value is -1.24. The summed E-state index contributed by atoms with van der Waals surface area (Å²) in [6, 6.07) is -1.90. The summed E-state index contributed by atoms with van der Waals surface area (Å²) in [5, 5.41) is 4.04. The molecule has 0 spiro atoms. The van der Waals surface area contributed by atoms with Crippen molar-refractivity contribution in [2.45, 2.75) is 32.6 Å². The molecule has 0 aliphatic rings. The Bertz CT molecular complexity index is 459. The normalized spacial score (nSPS) is 13.4. The van der Waals surface area contributed by atoms with Crippen molar-refractivity contribution in [3.05, 3.63) is 17.5 Å². The molecule has 0 unspecified atom stereocenters. The molecule has 0 radical (unpaired) electrons. The Morgan fingerprint density at radius 1 is 1.58 bits per heavy atom. The molecular weight excluding hydrogens is 283 g/mol. The van der Waals surface area contributed by atoms with Gasteiger partial charge in [-0.2, -0.15) is 18.3 Å². The molecule has 0 N–H and O–H groups in total. The zero-order chi connectivity index (χ0) is 14.8. The third-order valence-electron chi connectivity index (χ3n) is 2.81. The van der Waals surface area contributed by atoms with Gasteiger partial charge in [-0.05, 0) is 19.4 Å². The molecule has 0 saturated heterocycles. The van der Waals surface area contributed by atoms with Gasteiger partial charge in [0, 0.05) is 13.2 Å². The zero-order valence-electron chi connectivity index (χ0n) is 10.8. The lowest BCUT2D eigenvalue weighted by Crippen LogP contribution is -2.47. The van der Waals surface area contributed by atoms with Crippen LogP contribution in [0.4, 0.5) is 13.2 Å². The first-order valence-electron chi connectivity index (χ1n) is 5.58. The molecule has 4 nitrogen and oxygen atoms in total. The maximum atomic E-state index is 12.7. The van der Waals surface area contributed by atoms with Crippen LogP contribution >= 0.6 is 11.6 Å². The van der Waals surface area contributed by atoms with Crippen LogP contribution in [-0.2, 0) is 18.4 Å². The minimum Gasteiger partial charge on any atom is -0.324 e. The molecule has 0 aromatic carbocycles. The van der Waals surface area contributed by atoms with Crippen molar-refractivity contribution in [1.82, 2.24) is 14.7 Å². The van der Waals surface area contributed by atoms with Crippen molar-refractivity contribution < 1.29 is 18.0 Å². The lowest BCUT2D eigenvalue weighted by molar-refractivity contribution is -0.186. The summed E-state index contributed by atoms with van der Waals surface area (Å²) in [7, 11) is 1.66. The van der Waals surface area contributed by atoms with Crippen LogP contribution in [0.1, 0.15) is 18.2 Å². The molecule has 108 valence electrons. The first-order valence-corrected chi connectivity index (χ1v) is 6.11. The number of hydrogen-bond acceptors (Lipinski definition) is 2. The molecule has 1 aromatic heterocycles. The highest BCUT2D eigenvalue weighted by atomic mass is 35.5. The number of alkyl halides is 4. The molecule has 19 heavy (non-hydrogen) atoms. The van der Waals surface area contributed by atoms with Gasteiger partial charge < -0.3 is 4.90 Å². The largest absolute Gasteiger partial charge is 0.408 e. The minimum atomic E-state index is -4.50. The van der Waals surface area contributed by atoms with E-state index in [1.807, 2.05) is 0 Å². The zero-order valence-corrected chi connectivity index (χ0v) is 11.6. The van der Waals surface area contributed by atoms with E-state index in [0.29, 0.717) is 10.6 Å². The van der Waals surface area contributed by atoms with E-state index in [1.54, 1.807) is 20.2 Å². The number of aryl methyl sites for hydroxylation is 2. The molecule has 0 aliphatic heterocycles. The predicted molar refractivity (Wildman–Crippen MR) is 64.7 cm³/mol. The number of aromatic nitrogens is 2. The van der Waals surface area contributed by atoms with Crippen LogP contribution < -0.4 is 0 Å². The molecule has 0 bridgehead atoms. The quantitative estimate of drug-likeness (QED) is 0.800. The number of carbonyl (C=O) groups is 1. The Kier molecular flexibility index (Phi) is 4.84. The maximum absolute atomic E-state index is 12.7. The lowest BCUT2D eigenvalue weighted by Gasteiger charge is -2.29. The summed E-state index contributed by atoms with van der Waals surface area (Å²) in [5.41, 5.74) is 1.15. The molecule has 8 heteroatoms. The average Bonchev–Trinajstić information content (AvgIpc) is 2.61. The molecular formula is C11H15ClF3N3O. The number of rotatable bonds is 4. The highest BCUT2D eigenvalue weighted by molar-refractivity contribution is 6.27.